The second-order valence-corrected chi connectivity index (χ2v) is 3.69. The Balaban J connectivity index is 2.81. The zero-order valence-corrected chi connectivity index (χ0v) is 9.26. The lowest BCUT2D eigenvalue weighted by molar-refractivity contribution is -0.383. The number of hydrogen-bond acceptors (Lipinski definition) is 3. The van der Waals surface area contributed by atoms with Crippen molar-refractivity contribution in [3.8, 4) is 6.07 Å². The van der Waals surface area contributed by atoms with Gasteiger partial charge >= 0.3 is 0 Å². The molecule has 1 atom stereocenters. The Labute approximate surface area is 104 Å². The summed E-state index contributed by atoms with van der Waals surface area (Å²) in [5, 5.41) is 19.6. The number of alkyl halides is 3. The minimum absolute atomic E-state index is 0.0487. The number of fused-ring (bicyclic) bond motifs is 1. The Morgan fingerprint density at radius 1 is 1.37 bits per heavy atom. The summed E-state index contributed by atoms with van der Waals surface area (Å²) in [7, 11) is 0. The smallest absolute Gasteiger partial charge is 0.288 e. The van der Waals surface area contributed by atoms with E-state index in [4.69, 9.17) is 5.26 Å². The van der Waals surface area contributed by atoms with Gasteiger partial charge in [0.25, 0.3) is 12.1 Å². The molecule has 0 aliphatic carbocycles. The van der Waals surface area contributed by atoms with E-state index in [0.717, 1.165) is 12.1 Å². The lowest BCUT2D eigenvalue weighted by Gasteiger charge is -2.11. The van der Waals surface area contributed by atoms with Crippen molar-refractivity contribution in [2.45, 2.75) is 12.7 Å². The van der Waals surface area contributed by atoms with E-state index in [0.29, 0.717) is 4.57 Å². The van der Waals surface area contributed by atoms with Crippen LogP contribution in [0.25, 0.3) is 10.9 Å². The van der Waals surface area contributed by atoms with Crippen LogP contribution in [0.4, 0.5) is 18.9 Å². The van der Waals surface area contributed by atoms with Gasteiger partial charge in [0.05, 0.1) is 15.8 Å². The molecule has 98 valence electrons. The summed E-state index contributed by atoms with van der Waals surface area (Å²) in [6.45, 7) is 0. The van der Waals surface area contributed by atoms with Crippen molar-refractivity contribution in [1.82, 2.24) is 4.57 Å². The largest absolute Gasteiger partial charge is 0.296 e. The zero-order valence-electron chi connectivity index (χ0n) is 9.26. The number of aromatic nitrogens is 1. The minimum Gasteiger partial charge on any atom is -0.296 e. The van der Waals surface area contributed by atoms with Crippen molar-refractivity contribution in [2.75, 3.05) is 0 Å². The van der Waals surface area contributed by atoms with E-state index in [-0.39, 0.29) is 16.6 Å². The van der Waals surface area contributed by atoms with E-state index >= 15 is 0 Å². The third-order valence-electron chi connectivity index (χ3n) is 2.63. The van der Waals surface area contributed by atoms with Crippen molar-refractivity contribution in [3.63, 3.8) is 0 Å². The fourth-order valence-electron chi connectivity index (χ4n) is 1.86. The molecule has 1 unspecified atom stereocenters. The summed E-state index contributed by atoms with van der Waals surface area (Å²) in [6.07, 6.45) is -6.06. The van der Waals surface area contributed by atoms with Gasteiger partial charge in [0, 0.05) is 6.07 Å². The van der Waals surface area contributed by atoms with Gasteiger partial charge in [-0.3, -0.25) is 14.7 Å². The third kappa shape index (κ3) is 1.99. The van der Waals surface area contributed by atoms with E-state index in [2.05, 4.69) is 0 Å². The normalized spacial score (nSPS) is 12.6. The average molecular weight is 269 g/mol. The second kappa shape index (κ2) is 4.61. The molecular weight excluding hydrogens is 263 g/mol. The molecule has 0 fully saturated rings. The quantitative estimate of drug-likeness (QED) is 0.634. The fraction of sp³-hybridized carbons (Fsp3) is 0.182. The number of nitriles is 1. The molecule has 1 aromatic carbocycles. The van der Waals surface area contributed by atoms with Crippen molar-refractivity contribution < 1.29 is 18.1 Å². The fourth-order valence-corrected chi connectivity index (χ4v) is 1.86. The molecule has 0 aliphatic rings. The Hall–Kier alpha value is -2.56. The predicted octanol–water partition coefficient (Wildman–Crippen LogP) is 3.15. The summed E-state index contributed by atoms with van der Waals surface area (Å²) in [4.78, 5) is 10.1. The first-order chi connectivity index (χ1) is 8.97. The van der Waals surface area contributed by atoms with E-state index in [1.54, 1.807) is 6.07 Å². The third-order valence-corrected chi connectivity index (χ3v) is 2.63. The number of nitrogens with zero attached hydrogens (tertiary/aromatic N) is 3. The van der Waals surface area contributed by atoms with Crippen molar-refractivity contribution in [2.24, 2.45) is 0 Å². The summed E-state index contributed by atoms with van der Waals surface area (Å²) >= 11 is 0. The van der Waals surface area contributed by atoms with Crippen LogP contribution in [-0.4, -0.2) is 15.9 Å². The van der Waals surface area contributed by atoms with Crippen molar-refractivity contribution >= 4 is 16.6 Å². The van der Waals surface area contributed by atoms with Crippen LogP contribution in [0.2, 0.25) is 0 Å². The van der Waals surface area contributed by atoms with Crippen LogP contribution in [0.15, 0.2) is 24.3 Å². The maximum absolute atomic E-state index is 13.5. The predicted molar refractivity (Wildman–Crippen MR) is 59.5 cm³/mol. The van der Waals surface area contributed by atoms with Crippen molar-refractivity contribution in [3.05, 3.63) is 40.1 Å². The highest BCUT2D eigenvalue weighted by atomic mass is 19.3. The molecule has 2 rings (SSSR count). The number of hydrogen-bond donors (Lipinski definition) is 0. The van der Waals surface area contributed by atoms with Gasteiger partial charge in [-0.15, -0.1) is 0 Å². The molecule has 5 nitrogen and oxygen atoms in total. The molecule has 0 bridgehead atoms. The Kier molecular flexibility index (Phi) is 3.12. The van der Waals surface area contributed by atoms with Gasteiger partial charge in [0.15, 0.2) is 0 Å². The van der Waals surface area contributed by atoms with E-state index in [1.807, 2.05) is 0 Å². The van der Waals surface area contributed by atoms with Gasteiger partial charge in [0.2, 0.25) is 6.30 Å². The molecule has 0 spiro atoms. The van der Waals surface area contributed by atoms with Gasteiger partial charge in [-0.05, 0) is 12.1 Å². The molecular formula is C11H6F3N3O2. The highest BCUT2D eigenvalue weighted by Crippen LogP contribution is 2.33. The zero-order chi connectivity index (χ0) is 14.2. The molecule has 2 aromatic rings. The Morgan fingerprint density at radius 3 is 2.58 bits per heavy atom. The highest BCUT2D eigenvalue weighted by molar-refractivity contribution is 5.90. The Bertz CT molecular complexity index is 690. The number of benzene rings is 1. The van der Waals surface area contributed by atoms with Crippen molar-refractivity contribution in [1.29, 1.82) is 5.26 Å². The second-order valence-electron chi connectivity index (χ2n) is 3.69. The number of nitro groups is 1. The van der Waals surface area contributed by atoms with Gasteiger partial charge in [-0.25, -0.2) is 13.2 Å². The molecule has 0 saturated heterocycles. The first-order valence-electron chi connectivity index (χ1n) is 5.08. The molecule has 0 radical (unpaired) electrons. The summed E-state index contributed by atoms with van der Waals surface area (Å²) in [5.74, 6) is 0. The van der Waals surface area contributed by atoms with Crippen LogP contribution in [0.1, 0.15) is 12.0 Å². The van der Waals surface area contributed by atoms with Crippen LogP contribution in [0.5, 0.6) is 0 Å². The van der Waals surface area contributed by atoms with Crippen LogP contribution >= 0.6 is 0 Å². The van der Waals surface area contributed by atoms with Gasteiger partial charge in [0.1, 0.15) is 11.8 Å². The van der Waals surface area contributed by atoms with Crippen LogP contribution < -0.4 is 0 Å². The van der Waals surface area contributed by atoms with E-state index in [1.165, 1.54) is 12.1 Å². The van der Waals surface area contributed by atoms with Gasteiger partial charge < -0.3 is 0 Å². The molecule has 1 heterocycles. The highest BCUT2D eigenvalue weighted by Gasteiger charge is 2.27. The summed E-state index contributed by atoms with van der Waals surface area (Å²) in [5.41, 5.74) is -0.870. The first-order valence-corrected chi connectivity index (χ1v) is 5.08. The number of rotatable bonds is 3. The molecule has 19 heavy (non-hydrogen) atoms. The number of nitro benzene ring substituents is 1. The standard InChI is InChI=1S/C11H6F3N3O2/c12-10(13)11(14)16-6(5-15)4-7-8(16)2-1-3-9(7)17(18)19/h1-4,10-11H. The van der Waals surface area contributed by atoms with E-state index in [9.17, 15) is 23.3 Å². The van der Waals surface area contributed by atoms with Gasteiger partial charge in [-0.1, -0.05) is 6.07 Å². The molecule has 0 N–H and O–H groups in total. The molecule has 8 heteroatoms. The van der Waals surface area contributed by atoms with Crippen LogP contribution in [0.3, 0.4) is 0 Å². The molecule has 0 saturated carbocycles. The monoisotopic (exact) mass is 269 g/mol. The first kappa shape index (κ1) is 12.9. The molecule has 0 aliphatic heterocycles. The van der Waals surface area contributed by atoms with E-state index < -0.39 is 23.3 Å². The number of halogens is 3. The van der Waals surface area contributed by atoms with Crippen LogP contribution in [0, 0.1) is 21.4 Å². The lowest BCUT2D eigenvalue weighted by Crippen LogP contribution is -2.13. The lowest BCUT2D eigenvalue weighted by atomic mass is 10.2. The minimum atomic E-state index is -3.33. The summed E-state index contributed by atoms with van der Waals surface area (Å²) < 4.78 is 38.9. The topological polar surface area (TPSA) is 71.9 Å². The molecule has 0 amide bonds. The summed E-state index contributed by atoms with van der Waals surface area (Å²) in [6, 6.07) is 6.23. The average Bonchev–Trinajstić information content (AvgIpc) is 2.75. The maximum atomic E-state index is 13.5. The number of non-ortho nitro benzene ring substituents is 1. The van der Waals surface area contributed by atoms with Crippen LogP contribution in [-0.2, 0) is 0 Å². The SMILES string of the molecule is N#Cc1cc2c([N+](=O)[O-])cccc2n1C(F)C(F)F. The Morgan fingerprint density at radius 2 is 2.05 bits per heavy atom. The maximum Gasteiger partial charge on any atom is 0.288 e. The molecule has 1 aromatic heterocycles. The van der Waals surface area contributed by atoms with Gasteiger partial charge in [-0.2, -0.15) is 5.26 Å².